The normalized spacial score (nSPS) is 17.9. The van der Waals surface area contributed by atoms with Gasteiger partial charge in [0.15, 0.2) is 0 Å². The average molecular weight is 836 g/mol. The maximum absolute atomic E-state index is 2.42. The predicted octanol–water partition coefficient (Wildman–Crippen LogP) is 22.6. The molecule has 0 bridgehead atoms. The Bertz CT molecular complexity index is 769. The SMILES string of the molecule is CC.CC.CC.CC.CC.CC.CC(C)C1=CCCC1.CC(C)C1=CCCCC1.CC(C)C1CC1.CC(C)C1CCC1.CC(C)C1CCCC1.CC(C)C1CCCCC1. The first-order valence-corrected chi connectivity index (χ1v) is 27.7. The molecule has 6 rings (SSSR count). The van der Waals surface area contributed by atoms with E-state index in [9.17, 15) is 0 Å². The molecule has 6 aliphatic rings. The smallest absolute Gasteiger partial charge is 0.0260 e. The van der Waals surface area contributed by atoms with Crippen molar-refractivity contribution in [2.24, 2.45) is 59.2 Å². The van der Waals surface area contributed by atoms with Gasteiger partial charge in [0.05, 0.1) is 0 Å². The van der Waals surface area contributed by atoms with Crippen molar-refractivity contribution in [2.45, 2.75) is 301 Å². The van der Waals surface area contributed by atoms with E-state index in [4.69, 9.17) is 0 Å². The first kappa shape index (κ1) is 70.2. The number of hydrogen-bond acceptors (Lipinski definition) is 0. The largest absolute Gasteiger partial charge is 0.0851 e. The molecule has 0 nitrogen and oxygen atoms in total. The fourth-order valence-electron chi connectivity index (χ4n) is 7.90. The molecule has 59 heavy (non-hydrogen) atoms. The van der Waals surface area contributed by atoms with Gasteiger partial charge in [-0.1, -0.05) is 267 Å². The molecule has 0 unspecified atom stereocenters. The van der Waals surface area contributed by atoms with E-state index >= 15 is 0 Å². The van der Waals surface area contributed by atoms with Crippen LogP contribution in [0.1, 0.15) is 301 Å². The lowest BCUT2D eigenvalue weighted by molar-refractivity contribution is 0.235. The highest BCUT2D eigenvalue weighted by Gasteiger charge is 2.24. The summed E-state index contributed by atoms with van der Waals surface area (Å²) in [6.45, 7) is 51.8. The van der Waals surface area contributed by atoms with Gasteiger partial charge in [0.2, 0.25) is 0 Å². The van der Waals surface area contributed by atoms with E-state index in [1.807, 2.05) is 83.1 Å². The van der Waals surface area contributed by atoms with Gasteiger partial charge in [0.25, 0.3) is 0 Å². The topological polar surface area (TPSA) is 0 Å². The molecule has 6 aliphatic carbocycles. The Kier molecular flexibility index (Phi) is 63.8. The second kappa shape index (κ2) is 53.6. The Hall–Kier alpha value is -0.520. The van der Waals surface area contributed by atoms with Crippen LogP contribution in [-0.4, -0.2) is 0 Å². The van der Waals surface area contributed by atoms with Crippen LogP contribution >= 0.6 is 0 Å². The molecule has 0 saturated heterocycles. The molecule has 4 fully saturated rings. The second-order valence-corrected chi connectivity index (χ2v) is 18.5. The van der Waals surface area contributed by atoms with Crippen molar-refractivity contribution in [2.75, 3.05) is 0 Å². The van der Waals surface area contributed by atoms with Gasteiger partial charge in [0.1, 0.15) is 0 Å². The molecule has 0 radical (unpaired) electrons. The van der Waals surface area contributed by atoms with Crippen LogP contribution in [0, 0.1) is 59.2 Å². The van der Waals surface area contributed by atoms with Crippen LogP contribution in [0.25, 0.3) is 0 Å². The Labute approximate surface area is 382 Å². The third-order valence-electron chi connectivity index (χ3n) is 12.5. The van der Waals surface area contributed by atoms with Gasteiger partial charge in [-0.25, -0.2) is 0 Å². The minimum absolute atomic E-state index is 0.797. The molecule has 0 aromatic heterocycles. The number of hydrogen-bond donors (Lipinski definition) is 0. The van der Waals surface area contributed by atoms with Gasteiger partial charge in [0, 0.05) is 0 Å². The average Bonchev–Trinajstić information content (AvgIpc) is 3.68. The van der Waals surface area contributed by atoms with Crippen LogP contribution < -0.4 is 0 Å². The van der Waals surface area contributed by atoms with E-state index in [1.54, 1.807) is 11.1 Å². The summed E-state index contributed by atoms with van der Waals surface area (Å²) < 4.78 is 0. The molecule has 0 N–H and O–H groups in total. The second-order valence-electron chi connectivity index (χ2n) is 18.5. The molecule has 0 aromatic rings. The molecule has 0 spiro atoms. The summed E-state index contributed by atoms with van der Waals surface area (Å²) in [6, 6.07) is 0. The Morgan fingerprint density at radius 2 is 0.542 bits per heavy atom. The van der Waals surface area contributed by atoms with Crippen molar-refractivity contribution < 1.29 is 0 Å². The summed E-state index contributed by atoms with van der Waals surface area (Å²) in [6.07, 6.45) is 35.3. The summed E-state index contributed by atoms with van der Waals surface area (Å²) in [5.41, 5.74) is 3.35. The summed E-state index contributed by atoms with van der Waals surface area (Å²) >= 11 is 0. The molecule has 362 valence electrons. The molecule has 4 saturated carbocycles. The molecule has 0 aliphatic heterocycles. The van der Waals surface area contributed by atoms with Crippen LogP contribution in [0.15, 0.2) is 23.3 Å². The van der Waals surface area contributed by atoms with Gasteiger partial charge in [-0.2, -0.15) is 0 Å². The van der Waals surface area contributed by atoms with E-state index < -0.39 is 0 Å². The Morgan fingerprint density at radius 1 is 0.288 bits per heavy atom. The van der Waals surface area contributed by atoms with Crippen LogP contribution in [0.4, 0.5) is 0 Å². The maximum atomic E-state index is 2.42. The summed E-state index contributed by atoms with van der Waals surface area (Å²) in [5.74, 6) is 9.70. The van der Waals surface area contributed by atoms with E-state index in [1.165, 1.54) is 135 Å². The van der Waals surface area contributed by atoms with Gasteiger partial charge < -0.3 is 0 Å². The van der Waals surface area contributed by atoms with Gasteiger partial charge in [-0.3, -0.25) is 0 Å². The third kappa shape index (κ3) is 45.3. The molecular formula is C59H126. The number of rotatable bonds is 6. The van der Waals surface area contributed by atoms with Gasteiger partial charge >= 0.3 is 0 Å². The quantitative estimate of drug-likeness (QED) is 0.234. The van der Waals surface area contributed by atoms with Crippen LogP contribution in [0.5, 0.6) is 0 Å². The highest BCUT2D eigenvalue weighted by Crippen LogP contribution is 2.36. The predicted molar refractivity (Wildman–Crippen MR) is 284 cm³/mol. The molecule has 0 heteroatoms. The Morgan fingerprint density at radius 3 is 0.695 bits per heavy atom. The molecule has 0 aromatic carbocycles. The van der Waals surface area contributed by atoms with E-state index in [-0.39, 0.29) is 0 Å². The number of allylic oxidation sites excluding steroid dienone is 4. The molecule has 0 amide bonds. The van der Waals surface area contributed by atoms with Gasteiger partial charge in [-0.05, 0) is 117 Å². The summed E-state index contributed by atoms with van der Waals surface area (Å²) in [7, 11) is 0. The van der Waals surface area contributed by atoms with E-state index in [0.717, 1.165) is 59.2 Å². The highest BCUT2D eigenvalue weighted by atomic mass is 14.3. The van der Waals surface area contributed by atoms with Crippen LogP contribution in [0.2, 0.25) is 0 Å². The summed E-state index contributed by atoms with van der Waals surface area (Å²) in [5, 5.41) is 0. The molecule has 0 atom stereocenters. The van der Waals surface area contributed by atoms with Crippen molar-refractivity contribution in [3.05, 3.63) is 23.3 Å². The third-order valence-corrected chi connectivity index (χ3v) is 12.5. The summed E-state index contributed by atoms with van der Waals surface area (Å²) in [4.78, 5) is 0. The van der Waals surface area contributed by atoms with Gasteiger partial charge in [-0.15, -0.1) is 0 Å². The zero-order valence-corrected chi connectivity index (χ0v) is 46.8. The maximum Gasteiger partial charge on any atom is -0.0260 e. The van der Waals surface area contributed by atoms with Crippen LogP contribution in [-0.2, 0) is 0 Å². The molecular weight excluding hydrogens is 709 g/mol. The monoisotopic (exact) mass is 835 g/mol. The first-order chi connectivity index (χ1) is 28.3. The molecule has 0 heterocycles. The first-order valence-electron chi connectivity index (χ1n) is 27.7. The van der Waals surface area contributed by atoms with Crippen molar-refractivity contribution in [1.82, 2.24) is 0 Å². The van der Waals surface area contributed by atoms with Crippen LogP contribution in [0.3, 0.4) is 0 Å². The lowest BCUT2D eigenvalue weighted by Gasteiger charge is -2.28. The van der Waals surface area contributed by atoms with E-state index in [2.05, 4.69) is 95.2 Å². The highest BCUT2D eigenvalue weighted by molar-refractivity contribution is 5.09. The standard InChI is InChI=1S/C9H18.C9H16.C8H16.C8H14.C7H14.C6H12.6C2H6/c2*1-8(2)9-6-4-3-5-7-9;2*1-7(2)8-5-3-4-6-8;1-6(2)7-4-3-5-7;1-5(2)6-3-4-6;6*1-2/h8-9H,3-7H2,1-2H3;6,8H,3-5,7H2,1-2H3;7-8H,3-6H2,1-2H3;5,7H,3-4,6H2,1-2H3;6-7H,3-5H2,1-2H3;5-6H,3-4H2,1-2H3;6*1-2H3. The van der Waals surface area contributed by atoms with E-state index in [0.29, 0.717) is 0 Å². The van der Waals surface area contributed by atoms with Crippen molar-refractivity contribution in [3.63, 3.8) is 0 Å². The van der Waals surface area contributed by atoms with Crippen molar-refractivity contribution in [1.29, 1.82) is 0 Å². The minimum atomic E-state index is 0.797. The Balaban J connectivity index is -0.000000136. The lowest BCUT2D eigenvalue weighted by Crippen LogP contribution is -2.16. The minimum Gasteiger partial charge on any atom is -0.0851 e. The zero-order valence-electron chi connectivity index (χ0n) is 46.8. The fourth-order valence-corrected chi connectivity index (χ4v) is 7.90. The van der Waals surface area contributed by atoms with Crippen molar-refractivity contribution >= 4 is 0 Å². The van der Waals surface area contributed by atoms with Crippen molar-refractivity contribution in [3.8, 4) is 0 Å². The lowest BCUT2D eigenvalue weighted by atomic mass is 9.78. The zero-order chi connectivity index (χ0) is 47.2. The fraction of sp³-hybridized carbons (Fsp3) is 0.932.